The molecule has 1 aliphatic heterocycles. The number of carbonyl (C=O) groups is 1. The first-order valence-electron chi connectivity index (χ1n) is 7.21. The number of halogens is 1. The molecule has 1 aliphatic rings. The Balaban J connectivity index is 2.07. The lowest BCUT2D eigenvalue weighted by atomic mass is 10.1. The molecule has 1 unspecified atom stereocenters. The highest BCUT2D eigenvalue weighted by Gasteiger charge is 2.18. The Morgan fingerprint density at radius 2 is 2.15 bits per heavy atom. The lowest BCUT2D eigenvalue weighted by Gasteiger charge is -2.19. The maximum atomic E-state index is 14.1. The average Bonchev–Trinajstić information content (AvgIpc) is 2.94. The summed E-state index contributed by atoms with van der Waals surface area (Å²) in [7, 11) is 0. The van der Waals surface area contributed by atoms with Crippen LogP contribution in [-0.4, -0.2) is 25.5 Å². The van der Waals surface area contributed by atoms with Gasteiger partial charge in [0.25, 0.3) is 0 Å². The van der Waals surface area contributed by atoms with Gasteiger partial charge < -0.3 is 16.0 Å². The van der Waals surface area contributed by atoms with Gasteiger partial charge in [-0.2, -0.15) is 0 Å². The molecule has 1 heterocycles. The number of amides is 1. The van der Waals surface area contributed by atoms with Gasteiger partial charge in [-0.3, -0.25) is 4.79 Å². The van der Waals surface area contributed by atoms with Crippen LogP contribution in [0.2, 0.25) is 0 Å². The number of benzene rings is 1. The molecule has 1 saturated heterocycles. The fraction of sp³-hybridized carbons (Fsp3) is 0.533. The predicted octanol–water partition coefficient (Wildman–Crippen LogP) is 2.35. The number of carbonyl (C=O) groups excluding carboxylic acids is 1. The number of anilines is 2. The van der Waals surface area contributed by atoms with E-state index in [0.717, 1.165) is 25.9 Å². The molecule has 1 aromatic rings. The normalized spacial score (nSPS) is 16.2. The van der Waals surface area contributed by atoms with E-state index < -0.39 is 0 Å². The zero-order valence-corrected chi connectivity index (χ0v) is 11.9. The summed E-state index contributed by atoms with van der Waals surface area (Å²) in [5, 5.41) is 2.73. The number of nitrogens with one attached hydrogen (secondary N) is 1. The molecule has 3 N–H and O–H groups in total. The fourth-order valence-corrected chi connectivity index (χ4v) is 2.50. The minimum absolute atomic E-state index is 0.150. The Hall–Kier alpha value is -1.62. The van der Waals surface area contributed by atoms with Crippen LogP contribution >= 0.6 is 0 Å². The van der Waals surface area contributed by atoms with E-state index in [0.29, 0.717) is 24.3 Å². The SMILES string of the molecule is CCC(CN)C(=O)Nc1ccc(N2CCCC2)c(F)c1. The summed E-state index contributed by atoms with van der Waals surface area (Å²) < 4.78 is 14.1. The number of nitrogens with zero attached hydrogens (tertiary/aromatic N) is 1. The van der Waals surface area contributed by atoms with E-state index in [1.54, 1.807) is 12.1 Å². The predicted molar refractivity (Wildman–Crippen MR) is 79.3 cm³/mol. The molecule has 0 bridgehead atoms. The van der Waals surface area contributed by atoms with E-state index in [2.05, 4.69) is 5.32 Å². The largest absolute Gasteiger partial charge is 0.369 e. The Kier molecular flexibility index (Phi) is 4.95. The summed E-state index contributed by atoms with van der Waals surface area (Å²) >= 11 is 0. The molecule has 4 nitrogen and oxygen atoms in total. The van der Waals surface area contributed by atoms with Crippen LogP contribution in [0.1, 0.15) is 26.2 Å². The third-order valence-corrected chi connectivity index (χ3v) is 3.81. The van der Waals surface area contributed by atoms with Gasteiger partial charge in [-0.05, 0) is 37.5 Å². The molecule has 0 aliphatic carbocycles. The number of hydrogen-bond donors (Lipinski definition) is 2. The third kappa shape index (κ3) is 3.28. The van der Waals surface area contributed by atoms with Crippen molar-refractivity contribution in [3.63, 3.8) is 0 Å². The number of nitrogens with two attached hydrogens (primary N) is 1. The minimum atomic E-state index is -0.287. The standard InChI is InChI=1S/C15H22FN3O/c1-2-11(10-17)15(20)18-12-5-6-14(13(16)9-12)19-7-3-4-8-19/h5-6,9,11H,2-4,7-8,10,17H2,1H3,(H,18,20). The summed E-state index contributed by atoms with van der Waals surface area (Å²) in [5.74, 6) is -0.662. The van der Waals surface area contributed by atoms with Crippen LogP contribution in [0.4, 0.5) is 15.8 Å². The van der Waals surface area contributed by atoms with Crippen molar-refractivity contribution >= 4 is 17.3 Å². The maximum absolute atomic E-state index is 14.1. The lowest BCUT2D eigenvalue weighted by Crippen LogP contribution is -2.28. The van der Waals surface area contributed by atoms with E-state index in [4.69, 9.17) is 5.73 Å². The average molecular weight is 279 g/mol. The molecule has 1 aromatic carbocycles. The van der Waals surface area contributed by atoms with Crippen molar-refractivity contribution in [1.82, 2.24) is 0 Å². The van der Waals surface area contributed by atoms with Gasteiger partial charge in [-0.1, -0.05) is 6.92 Å². The Morgan fingerprint density at radius 1 is 1.45 bits per heavy atom. The zero-order chi connectivity index (χ0) is 14.5. The second-order valence-electron chi connectivity index (χ2n) is 5.19. The first-order chi connectivity index (χ1) is 9.65. The van der Waals surface area contributed by atoms with Crippen molar-refractivity contribution in [2.45, 2.75) is 26.2 Å². The summed E-state index contributed by atoms with van der Waals surface area (Å²) in [6.45, 7) is 4.01. The van der Waals surface area contributed by atoms with Crippen molar-refractivity contribution in [3.05, 3.63) is 24.0 Å². The van der Waals surface area contributed by atoms with Gasteiger partial charge in [-0.15, -0.1) is 0 Å². The summed E-state index contributed by atoms with van der Waals surface area (Å²) in [6.07, 6.45) is 2.88. The molecule has 110 valence electrons. The molecule has 20 heavy (non-hydrogen) atoms. The number of rotatable bonds is 5. The molecular weight excluding hydrogens is 257 g/mol. The highest BCUT2D eigenvalue weighted by atomic mass is 19.1. The first-order valence-corrected chi connectivity index (χ1v) is 7.21. The zero-order valence-electron chi connectivity index (χ0n) is 11.9. The van der Waals surface area contributed by atoms with Gasteiger partial charge in [0.15, 0.2) is 0 Å². The Morgan fingerprint density at radius 3 is 2.70 bits per heavy atom. The van der Waals surface area contributed by atoms with Crippen LogP contribution < -0.4 is 16.0 Å². The van der Waals surface area contributed by atoms with Crippen LogP contribution in [0.25, 0.3) is 0 Å². The maximum Gasteiger partial charge on any atom is 0.228 e. The molecule has 1 fully saturated rings. The van der Waals surface area contributed by atoms with Crippen molar-refractivity contribution in [3.8, 4) is 0 Å². The second kappa shape index (κ2) is 6.70. The topological polar surface area (TPSA) is 58.4 Å². The second-order valence-corrected chi connectivity index (χ2v) is 5.19. The Bertz CT molecular complexity index is 468. The fourth-order valence-electron chi connectivity index (χ4n) is 2.50. The van der Waals surface area contributed by atoms with Crippen LogP contribution in [0.3, 0.4) is 0 Å². The molecule has 5 heteroatoms. The molecule has 0 spiro atoms. The first kappa shape index (κ1) is 14.8. The third-order valence-electron chi connectivity index (χ3n) is 3.81. The quantitative estimate of drug-likeness (QED) is 0.870. The van der Waals surface area contributed by atoms with Crippen molar-refractivity contribution in [1.29, 1.82) is 0 Å². The van der Waals surface area contributed by atoms with Crippen LogP contribution in [0.15, 0.2) is 18.2 Å². The van der Waals surface area contributed by atoms with Crippen LogP contribution in [0, 0.1) is 11.7 Å². The lowest BCUT2D eigenvalue weighted by molar-refractivity contribution is -0.119. The summed E-state index contributed by atoms with van der Waals surface area (Å²) in [6, 6.07) is 4.87. The van der Waals surface area contributed by atoms with E-state index in [9.17, 15) is 9.18 Å². The summed E-state index contributed by atoms with van der Waals surface area (Å²) in [5.41, 5.74) is 6.64. The highest BCUT2D eigenvalue weighted by Crippen LogP contribution is 2.26. The molecule has 1 atom stereocenters. The van der Waals surface area contributed by atoms with E-state index in [-0.39, 0.29) is 17.6 Å². The Labute approximate surface area is 119 Å². The molecule has 0 radical (unpaired) electrons. The van der Waals surface area contributed by atoms with Gasteiger partial charge in [0.05, 0.1) is 11.6 Å². The highest BCUT2D eigenvalue weighted by molar-refractivity contribution is 5.92. The minimum Gasteiger partial charge on any atom is -0.369 e. The van der Waals surface area contributed by atoms with Crippen molar-refractivity contribution in [2.24, 2.45) is 11.7 Å². The number of hydrogen-bond acceptors (Lipinski definition) is 3. The molecule has 1 amide bonds. The molecule has 2 rings (SSSR count). The molecule has 0 saturated carbocycles. The van der Waals surface area contributed by atoms with Gasteiger partial charge in [0, 0.05) is 25.3 Å². The molecule has 0 aromatic heterocycles. The van der Waals surface area contributed by atoms with Gasteiger partial charge >= 0.3 is 0 Å². The van der Waals surface area contributed by atoms with E-state index in [1.807, 2.05) is 11.8 Å². The van der Waals surface area contributed by atoms with Crippen molar-refractivity contribution < 1.29 is 9.18 Å². The van der Waals surface area contributed by atoms with Gasteiger partial charge in [-0.25, -0.2) is 4.39 Å². The molecular formula is C15H22FN3O. The van der Waals surface area contributed by atoms with Gasteiger partial charge in [0.1, 0.15) is 5.82 Å². The van der Waals surface area contributed by atoms with E-state index in [1.165, 1.54) is 6.07 Å². The van der Waals surface area contributed by atoms with Crippen LogP contribution in [-0.2, 0) is 4.79 Å². The van der Waals surface area contributed by atoms with E-state index >= 15 is 0 Å². The monoisotopic (exact) mass is 279 g/mol. The van der Waals surface area contributed by atoms with Crippen molar-refractivity contribution in [2.75, 3.05) is 29.9 Å². The smallest absolute Gasteiger partial charge is 0.228 e. The summed E-state index contributed by atoms with van der Waals surface area (Å²) in [4.78, 5) is 13.9. The van der Waals surface area contributed by atoms with Gasteiger partial charge in [0.2, 0.25) is 5.91 Å². The van der Waals surface area contributed by atoms with Crippen LogP contribution in [0.5, 0.6) is 0 Å².